The highest BCUT2D eigenvalue weighted by Crippen LogP contribution is 2.25. The number of anilines is 2. The number of hydrogen-bond donors (Lipinski definition) is 2. The average molecular weight is 319 g/mol. The normalized spacial score (nSPS) is 15.3. The fourth-order valence-corrected chi connectivity index (χ4v) is 2.66. The fraction of sp³-hybridized carbons (Fsp3) is 0.529. The molecule has 23 heavy (non-hydrogen) atoms. The first-order valence-electron chi connectivity index (χ1n) is 8.02. The first-order chi connectivity index (χ1) is 11.0. The van der Waals surface area contributed by atoms with Crippen molar-refractivity contribution < 1.29 is 14.3 Å². The summed E-state index contributed by atoms with van der Waals surface area (Å²) in [7, 11) is 0. The van der Waals surface area contributed by atoms with Gasteiger partial charge in [0.15, 0.2) is 0 Å². The van der Waals surface area contributed by atoms with Crippen LogP contribution in [0, 0.1) is 0 Å². The predicted molar refractivity (Wildman–Crippen MR) is 90.7 cm³/mol. The van der Waals surface area contributed by atoms with Gasteiger partial charge in [0.2, 0.25) is 5.91 Å². The summed E-state index contributed by atoms with van der Waals surface area (Å²) in [6.45, 7) is 6.69. The molecule has 126 valence electrons. The number of nitrogens with zero attached hydrogens (tertiary/aromatic N) is 1. The Hall–Kier alpha value is -2.08. The zero-order valence-electron chi connectivity index (χ0n) is 14.0. The quantitative estimate of drug-likeness (QED) is 0.896. The highest BCUT2D eigenvalue weighted by Gasteiger charge is 2.27. The number of amides is 3. The molecule has 1 aliphatic heterocycles. The van der Waals surface area contributed by atoms with Gasteiger partial charge in [0.1, 0.15) is 0 Å². The van der Waals surface area contributed by atoms with Crippen LogP contribution in [0.4, 0.5) is 16.2 Å². The van der Waals surface area contributed by atoms with Crippen LogP contribution in [-0.4, -0.2) is 37.2 Å². The van der Waals surface area contributed by atoms with Crippen molar-refractivity contribution in [2.24, 2.45) is 0 Å². The maximum absolute atomic E-state index is 12.6. The van der Waals surface area contributed by atoms with Crippen LogP contribution in [-0.2, 0) is 9.53 Å². The van der Waals surface area contributed by atoms with Crippen molar-refractivity contribution in [1.82, 2.24) is 5.32 Å². The number of nitrogens with one attached hydrogen (secondary N) is 2. The maximum atomic E-state index is 12.6. The monoisotopic (exact) mass is 319 g/mol. The van der Waals surface area contributed by atoms with Crippen LogP contribution in [0.5, 0.6) is 0 Å². The van der Waals surface area contributed by atoms with Crippen LogP contribution in [0.25, 0.3) is 0 Å². The number of hydrogen-bond acceptors (Lipinski definition) is 3. The van der Waals surface area contributed by atoms with E-state index in [-0.39, 0.29) is 24.0 Å². The van der Waals surface area contributed by atoms with Crippen LogP contribution in [0.2, 0.25) is 0 Å². The van der Waals surface area contributed by atoms with Crippen LogP contribution in [0.1, 0.15) is 33.6 Å². The van der Waals surface area contributed by atoms with Gasteiger partial charge in [0.25, 0.3) is 0 Å². The van der Waals surface area contributed by atoms with Crippen LogP contribution in [0.3, 0.4) is 0 Å². The second kappa shape index (κ2) is 7.97. The van der Waals surface area contributed by atoms with Crippen LogP contribution >= 0.6 is 0 Å². The summed E-state index contributed by atoms with van der Waals surface area (Å²) in [5, 5.41) is 5.70. The number of ether oxygens (including phenoxy) is 1. The van der Waals surface area contributed by atoms with Crippen molar-refractivity contribution >= 4 is 23.3 Å². The van der Waals surface area contributed by atoms with Crippen LogP contribution < -0.4 is 15.5 Å². The third-order valence-electron chi connectivity index (χ3n) is 3.65. The zero-order chi connectivity index (χ0) is 16.8. The lowest BCUT2D eigenvalue weighted by atomic mass is 10.1. The lowest BCUT2D eigenvalue weighted by Crippen LogP contribution is -2.50. The minimum atomic E-state index is -0.114. The molecule has 0 spiro atoms. The van der Waals surface area contributed by atoms with E-state index in [9.17, 15) is 9.59 Å². The summed E-state index contributed by atoms with van der Waals surface area (Å²) in [5.41, 5.74) is 1.54. The van der Waals surface area contributed by atoms with Crippen LogP contribution in [0.15, 0.2) is 24.3 Å². The number of carbonyl (C=O) groups is 2. The van der Waals surface area contributed by atoms with Gasteiger partial charge in [-0.2, -0.15) is 0 Å². The third kappa shape index (κ3) is 4.96. The van der Waals surface area contributed by atoms with Gasteiger partial charge in [-0.1, -0.05) is 0 Å². The van der Waals surface area contributed by atoms with Crippen molar-refractivity contribution in [3.8, 4) is 0 Å². The third-order valence-corrected chi connectivity index (χ3v) is 3.65. The SMILES string of the molecule is CC(=O)Nc1ccc(N(C(=O)NC(C)C)C2CCOCC2)cc1. The topological polar surface area (TPSA) is 70.7 Å². The second-order valence-corrected chi connectivity index (χ2v) is 6.05. The summed E-state index contributed by atoms with van der Waals surface area (Å²) in [5.74, 6) is -0.114. The number of carbonyl (C=O) groups excluding carboxylic acids is 2. The van der Waals surface area contributed by atoms with Crippen molar-refractivity contribution in [2.45, 2.75) is 45.7 Å². The highest BCUT2D eigenvalue weighted by molar-refractivity contribution is 5.93. The van der Waals surface area contributed by atoms with Gasteiger partial charge in [0, 0.05) is 43.6 Å². The van der Waals surface area contributed by atoms with Gasteiger partial charge < -0.3 is 15.4 Å². The minimum absolute atomic E-state index is 0.0727. The van der Waals surface area contributed by atoms with Crippen molar-refractivity contribution in [3.05, 3.63) is 24.3 Å². The van der Waals surface area contributed by atoms with E-state index in [4.69, 9.17) is 4.74 Å². The van der Waals surface area contributed by atoms with Crippen molar-refractivity contribution in [3.63, 3.8) is 0 Å². The van der Waals surface area contributed by atoms with E-state index in [2.05, 4.69) is 10.6 Å². The Balaban J connectivity index is 2.21. The Morgan fingerprint density at radius 1 is 1.17 bits per heavy atom. The molecule has 2 rings (SSSR count). The molecule has 1 aromatic carbocycles. The summed E-state index contributed by atoms with van der Waals surface area (Å²) >= 11 is 0. The Bertz CT molecular complexity index is 537. The first-order valence-corrected chi connectivity index (χ1v) is 8.02. The number of benzene rings is 1. The van der Waals surface area contributed by atoms with E-state index in [0.29, 0.717) is 13.2 Å². The standard InChI is InChI=1S/C17H25N3O3/c1-12(2)18-17(22)20(16-8-10-23-11-9-16)15-6-4-14(5-7-15)19-13(3)21/h4-7,12,16H,8-11H2,1-3H3,(H,18,22)(H,19,21). The lowest BCUT2D eigenvalue weighted by molar-refractivity contribution is -0.114. The van der Waals surface area contributed by atoms with Gasteiger partial charge >= 0.3 is 6.03 Å². The summed E-state index contributed by atoms with van der Waals surface area (Å²) in [4.78, 5) is 25.5. The fourth-order valence-electron chi connectivity index (χ4n) is 2.66. The minimum Gasteiger partial charge on any atom is -0.381 e. The first kappa shape index (κ1) is 17.3. The Morgan fingerprint density at radius 2 is 1.78 bits per heavy atom. The second-order valence-electron chi connectivity index (χ2n) is 6.05. The van der Waals surface area contributed by atoms with Gasteiger partial charge in [-0.15, -0.1) is 0 Å². The number of urea groups is 1. The van der Waals surface area contributed by atoms with Crippen molar-refractivity contribution in [2.75, 3.05) is 23.4 Å². The molecular weight excluding hydrogens is 294 g/mol. The summed E-state index contributed by atoms with van der Waals surface area (Å²) < 4.78 is 5.40. The number of rotatable bonds is 4. The molecule has 2 N–H and O–H groups in total. The molecule has 0 saturated carbocycles. The molecule has 6 nitrogen and oxygen atoms in total. The highest BCUT2D eigenvalue weighted by atomic mass is 16.5. The van der Waals surface area contributed by atoms with E-state index in [1.807, 2.05) is 38.1 Å². The molecule has 0 unspecified atom stereocenters. The maximum Gasteiger partial charge on any atom is 0.322 e. The van der Waals surface area contributed by atoms with E-state index >= 15 is 0 Å². The Morgan fingerprint density at radius 3 is 2.30 bits per heavy atom. The predicted octanol–water partition coefficient (Wildman–Crippen LogP) is 2.75. The largest absolute Gasteiger partial charge is 0.381 e. The smallest absolute Gasteiger partial charge is 0.322 e. The van der Waals surface area contributed by atoms with Gasteiger partial charge in [-0.3, -0.25) is 9.69 Å². The van der Waals surface area contributed by atoms with E-state index < -0.39 is 0 Å². The van der Waals surface area contributed by atoms with Gasteiger partial charge in [-0.05, 0) is 51.0 Å². The molecule has 0 atom stereocenters. The molecular formula is C17H25N3O3. The molecule has 1 aliphatic rings. The Kier molecular flexibility index (Phi) is 5.98. The summed E-state index contributed by atoms with van der Waals surface area (Å²) in [6.07, 6.45) is 1.64. The molecule has 0 aliphatic carbocycles. The summed E-state index contributed by atoms with van der Waals surface area (Å²) in [6, 6.07) is 7.44. The molecule has 1 aromatic rings. The lowest BCUT2D eigenvalue weighted by Gasteiger charge is -2.35. The zero-order valence-corrected chi connectivity index (χ0v) is 14.0. The van der Waals surface area contributed by atoms with E-state index in [1.54, 1.807) is 4.90 Å². The molecule has 0 radical (unpaired) electrons. The molecule has 1 fully saturated rings. The molecule has 1 saturated heterocycles. The van der Waals surface area contributed by atoms with Crippen molar-refractivity contribution in [1.29, 1.82) is 0 Å². The molecule has 1 heterocycles. The molecule has 0 aromatic heterocycles. The molecule has 6 heteroatoms. The average Bonchev–Trinajstić information content (AvgIpc) is 2.49. The van der Waals surface area contributed by atoms with E-state index in [1.165, 1.54) is 6.92 Å². The Labute approximate surface area is 137 Å². The molecule has 3 amide bonds. The van der Waals surface area contributed by atoms with E-state index in [0.717, 1.165) is 24.2 Å². The molecule has 0 bridgehead atoms. The van der Waals surface area contributed by atoms with Gasteiger partial charge in [0.05, 0.1) is 0 Å². The van der Waals surface area contributed by atoms with Gasteiger partial charge in [-0.25, -0.2) is 4.79 Å².